The Morgan fingerprint density at radius 2 is 1.00 bits per heavy atom. The fourth-order valence-corrected chi connectivity index (χ4v) is 0.612. The van der Waals surface area contributed by atoms with E-state index >= 15 is 0 Å². The molecule has 0 rings (SSSR count). The Kier molecular flexibility index (Phi) is 2.91. The van der Waals surface area contributed by atoms with E-state index in [0.29, 0.717) is 0 Å². The molecule has 0 bridgehead atoms. The molecular formula is C2O4S2. The first-order valence-corrected chi connectivity index (χ1v) is 3.47. The van der Waals surface area contributed by atoms with Gasteiger partial charge in [0.25, 0.3) is 20.6 Å². The van der Waals surface area contributed by atoms with Crippen molar-refractivity contribution in [3.8, 4) is 0 Å². The van der Waals surface area contributed by atoms with Crippen LogP contribution >= 0.6 is 0 Å². The van der Waals surface area contributed by atoms with Crippen LogP contribution in [-0.2, 0) is 20.6 Å². The fraction of sp³-hybridized carbons (Fsp3) is 0. The van der Waals surface area contributed by atoms with Crippen molar-refractivity contribution in [3.05, 3.63) is 0 Å². The lowest BCUT2D eigenvalue weighted by molar-refractivity contribution is 0.625. The summed E-state index contributed by atoms with van der Waals surface area (Å²) in [5, 5.41) is 2.80. The maximum Gasteiger partial charge on any atom is 0.269 e. The third-order valence-electron chi connectivity index (χ3n) is 0.208. The van der Waals surface area contributed by atoms with Crippen LogP contribution in [0.1, 0.15) is 0 Å². The van der Waals surface area contributed by atoms with E-state index < -0.39 is 20.6 Å². The van der Waals surface area contributed by atoms with Crippen molar-refractivity contribution in [2.45, 2.75) is 0 Å². The smallest absolute Gasteiger partial charge is 0.175 e. The van der Waals surface area contributed by atoms with Crippen LogP contribution in [0.4, 0.5) is 0 Å². The van der Waals surface area contributed by atoms with Gasteiger partial charge in [0.2, 0.25) is 0 Å². The predicted molar refractivity (Wildman–Crippen MR) is 27.9 cm³/mol. The van der Waals surface area contributed by atoms with E-state index in [9.17, 15) is 16.8 Å². The Morgan fingerprint density at radius 3 is 1.12 bits per heavy atom. The number of rotatable bonds is 0. The van der Waals surface area contributed by atoms with Crippen LogP contribution in [0.3, 0.4) is 0 Å². The highest BCUT2D eigenvalue weighted by molar-refractivity contribution is 7.76. The molecule has 0 saturated carbocycles. The third kappa shape index (κ3) is 5.20. The Labute approximate surface area is 48.1 Å². The zero-order valence-corrected chi connectivity index (χ0v) is 5.08. The van der Waals surface area contributed by atoms with Gasteiger partial charge in [0.15, 0.2) is 0 Å². The summed E-state index contributed by atoms with van der Waals surface area (Å²) in [6.07, 6.45) is 0. The summed E-state index contributed by atoms with van der Waals surface area (Å²) in [6, 6.07) is 0. The van der Waals surface area contributed by atoms with Gasteiger partial charge in [-0.3, -0.25) is 0 Å². The first kappa shape index (κ1) is 7.20. The van der Waals surface area contributed by atoms with Crippen LogP contribution < -0.4 is 0 Å². The fourth-order valence-electron chi connectivity index (χ4n) is 0.0680. The van der Waals surface area contributed by atoms with Crippen molar-refractivity contribution in [1.29, 1.82) is 0 Å². The van der Waals surface area contributed by atoms with Crippen molar-refractivity contribution < 1.29 is 16.8 Å². The van der Waals surface area contributed by atoms with Gasteiger partial charge in [0.1, 0.15) is 0 Å². The normalized spacial score (nSPS) is 6.50. The molecule has 0 heterocycles. The molecular weight excluding hydrogens is 152 g/mol. The molecule has 0 aliphatic carbocycles. The van der Waals surface area contributed by atoms with Crippen molar-refractivity contribution in [1.82, 2.24) is 0 Å². The summed E-state index contributed by atoms with van der Waals surface area (Å²) in [6.45, 7) is 0. The minimum absolute atomic E-state index is 1.40. The van der Waals surface area contributed by atoms with E-state index in [-0.39, 0.29) is 0 Å². The van der Waals surface area contributed by atoms with Gasteiger partial charge in [-0.05, 0) is 0 Å². The largest absolute Gasteiger partial charge is 0.269 e. The predicted octanol–water partition coefficient (Wildman–Crippen LogP) is -1.90. The summed E-state index contributed by atoms with van der Waals surface area (Å²) >= 11 is 0. The van der Waals surface area contributed by atoms with Gasteiger partial charge in [-0.2, -0.15) is 16.8 Å². The Hall–Kier alpha value is -0.800. The van der Waals surface area contributed by atoms with Crippen molar-refractivity contribution in [2.24, 2.45) is 0 Å². The zero-order chi connectivity index (χ0) is 6.57. The summed E-state index contributed by atoms with van der Waals surface area (Å²) in [7, 11) is -5.18. The number of hydrogen-bond acceptors (Lipinski definition) is 4. The molecule has 0 N–H and O–H groups in total. The summed E-state index contributed by atoms with van der Waals surface area (Å²) in [4.78, 5) is 0. The van der Waals surface area contributed by atoms with Crippen molar-refractivity contribution >= 4 is 30.6 Å². The molecule has 0 aromatic heterocycles. The van der Waals surface area contributed by atoms with E-state index in [1.54, 1.807) is 0 Å². The highest BCUT2D eigenvalue weighted by Gasteiger charge is 1.53. The van der Waals surface area contributed by atoms with Crippen LogP contribution in [0.25, 0.3) is 0 Å². The highest BCUT2D eigenvalue weighted by atomic mass is 32.2. The molecule has 0 unspecified atom stereocenters. The average Bonchev–Trinajstić information content (AvgIpc) is 1.61. The van der Waals surface area contributed by atoms with E-state index in [1.807, 2.05) is 0 Å². The topological polar surface area (TPSA) is 68.3 Å². The van der Waals surface area contributed by atoms with Gasteiger partial charge in [0, 0.05) is 0 Å². The summed E-state index contributed by atoms with van der Waals surface area (Å²) < 4.78 is 37.8. The van der Waals surface area contributed by atoms with Crippen LogP contribution in [0, 0.1) is 0 Å². The maximum absolute atomic E-state index is 9.46. The Bertz CT molecular complexity index is 302. The van der Waals surface area contributed by atoms with Crippen LogP contribution in [0.2, 0.25) is 0 Å². The molecule has 0 amide bonds. The molecule has 8 heavy (non-hydrogen) atoms. The van der Waals surface area contributed by atoms with Gasteiger partial charge in [-0.1, -0.05) is 0 Å². The summed E-state index contributed by atoms with van der Waals surface area (Å²) in [5.74, 6) is 0. The van der Waals surface area contributed by atoms with E-state index in [0.717, 1.165) is 0 Å². The highest BCUT2D eigenvalue weighted by Crippen LogP contribution is 1.25. The molecule has 0 spiro atoms. The lowest BCUT2D eigenvalue weighted by Gasteiger charge is -1.32. The quantitative estimate of drug-likeness (QED) is 0.380. The van der Waals surface area contributed by atoms with Crippen molar-refractivity contribution in [3.63, 3.8) is 0 Å². The Morgan fingerprint density at radius 1 is 0.750 bits per heavy atom. The maximum atomic E-state index is 9.46. The third-order valence-corrected chi connectivity index (χ3v) is 0.875. The second-order valence-electron chi connectivity index (χ2n) is 0.674. The molecule has 4 nitrogen and oxygen atoms in total. The van der Waals surface area contributed by atoms with Crippen molar-refractivity contribution in [2.75, 3.05) is 0 Å². The molecule has 0 aromatic rings. The second-order valence-corrected chi connectivity index (χ2v) is 2.02. The molecule has 0 atom stereocenters. The standard InChI is InChI=1S/C2O4S2/c3-7(4)1-2-8(5)6. The molecule has 0 aromatic carbocycles. The molecule has 6 heteroatoms. The van der Waals surface area contributed by atoms with Crippen LogP contribution in [0.5, 0.6) is 0 Å². The van der Waals surface area contributed by atoms with E-state index in [1.165, 1.54) is 10.0 Å². The zero-order valence-electron chi connectivity index (χ0n) is 3.45. The van der Waals surface area contributed by atoms with Gasteiger partial charge < -0.3 is 0 Å². The van der Waals surface area contributed by atoms with E-state index in [2.05, 4.69) is 0 Å². The molecule has 0 aliphatic rings. The van der Waals surface area contributed by atoms with E-state index in [4.69, 9.17) is 0 Å². The lowest BCUT2D eigenvalue weighted by Crippen LogP contribution is -1.60. The van der Waals surface area contributed by atoms with Gasteiger partial charge in [-0.15, -0.1) is 0 Å². The number of hydrogen-bond donors (Lipinski definition) is 0. The molecule has 0 saturated heterocycles. The monoisotopic (exact) mass is 152 g/mol. The first-order chi connectivity index (χ1) is 3.63. The molecule has 44 valence electrons. The summed E-state index contributed by atoms with van der Waals surface area (Å²) in [5.41, 5.74) is 0. The van der Waals surface area contributed by atoms with Gasteiger partial charge >= 0.3 is 0 Å². The van der Waals surface area contributed by atoms with Gasteiger partial charge in [-0.25, -0.2) is 0 Å². The molecule has 0 fully saturated rings. The second kappa shape index (κ2) is 3.23. The first-order valence-electron chi connectivity index (χ1n) is 1.32. The molecule has 0 aliphatic heterocycles. The van der Waals surface area contributed by atoms with Crippen LogP contribution in [-0.4, -0.2) is 26.9 Å². The Balaban J connectivity index is 5.86. The molecule has 0 radical (unpaired) electrons. The minimum atomic E-state index is -2.59. The van der Waals surface area contributed by atoms with Crippen LogP contribution in [0.15, 0.2) is 0 Å². The average molecular weight is 152 g/mol. The SMILES string of the molecule is O=S(=O)=C=C=S(=O)=O. The minimum Gasteiger partial charge on any atom is -0.175 e. The lowest BCUT2D eigenvalue weighted by atomic mass is 11.3. The van der Waals surface area contributed by atoms with Gasteiger partial charge in [0.05, 0.1) is 10.0 Å².